The first-order valence-electron chi connectivity index (χ1n) is 48.2. The number of carboxylic acid groups (broad SMARTS) is 2. The zero-order valence-corrected chi connectivity index (χ0v) is 86.0. The number of phenols is 4. The fourth-order valence-corrected chi connectivity index (χ4v) is 22.0. The molecular weight excluding hydrogens is 1930 g/mol. The molecule has 18 rings (SSSR count). The van der Waals surface area contributed by atoms with Gasteiger partial charge >= 0.3 is 18.1 Å². The highest BCUT2D eigenvalue weighted by Gasteiger charge is 2.41. The Morgan fingerprint density at radius 1 is 0.476 bits per heavy atom. The maximum absolute atomic E-state index is 14.1. The normalized spacial score (nSPS) is 16.5. The van der Waals surface area contributed by atoms with Crippen molar-refractivity contribution in [1.29, 1.82) is 0 Å². The molecule has 6 aromatic heterocycles. The average Bonchev–Trinajstić information content (AvgIpc) is 1.59. The predicted molar refractivity (Wildman–Crippen MR) is 549 cm³/mol. The van der Waals surface area contributed by atoms with Crippen LogP contribution in [0.25, 0.3) is 54.9 Å². The number of aryl methyl sites for hydroxylation is 4. The van der Waals surface area contributed by atoms with Crippen LogP contribution in [0.15, 0.2) is 140 Å². The number of piperazine rings is 2. The number of nitrogens with one attached hydrogen (secondary N) is 2. The van der Waals surface area contributed by atoms with Crippen LogP contribution in [0.4, 0.5) is 13.2 Å². The number of aliphatic imine (C=N–C) groups is 2. The Labute approximate surface area is 852 Å². The minimum absolute atomic E-state index is 0. The van der Waals surface area contributed by atoms with Gasteiger partial charge in [-0.05, 0) is 186 Å². The van der Waals surface area contributed by atoms with Gasteiger partial charge in [0.1, 0.15) is 56.7 Å². The number of nitrogens with zero attached hydrogens (tertiary/aromatic N) is 15. The van der Waals surface area contributed by atoms with Crippen molar-refractivity contribution >= 4 is 99.4 Å². The third kappa shape index (κ3) is 24.6. The molecule has 6 aromatic carbocycles. The Bertz CT molecular complexity index is 6620. The third-order valence-electron chi connectivity index (χ3n) is 27.2. The van der Waals surface area contributed by atoms with Gasteiger partial charge in [0.2, 0.25) is 5.91 Å². The van der Waals surface area contributed by atoms with Crippen molar-refractivity contribution in [3.63, 3.8) is 0 Å². The van der Waals surface area contributed by atoms with Gasteiger partial charge < -0.3 is 65.0 Å². The molecule has 8 N–H and O–H groups in total. The van der Waals surface area contributed by atoms with E-state index in [1.807, 2.05) is 138 Å². The van der Waals surface area contributed by atoms with E-state index in [1.165, 1.54) is 71.7 Å². The second-order valence-electron chi connectivity index (χ2n) is 37.6. The highest BCUT2D eigenvalue weighted by Crippen LogP contribution is 2.48. The first-order valence-corrected chi connectivity index (χ1v) is 50.6. The molecule has 758 valence electrons. The van der Waals surface area contributed by atoms with Gasteiger partial charge in [-0.2, -0.15) is 13.2 Å². The molecule has 0 radical (unpaired) electrons. The van der Waals surface area contributed by atoms with Crippen molar-refractivity contribution in [2.45, 2.75) is 184 Å². The lowest BCUT2D eigenvalue weighted by atomic mass is 9.89. The van der Waals surface area contributed by atoms with Crippen LogP contribution in [0.1, 0.15) is 233 Å². The minimum atomic E-state index is -5.08. The number of benzene rings is 6. The number of rotatable bonds is 24. The van der Waals surface area contributed by atoms with Crippen molar-refractivity contribution < 1.29 is 76.8 Å². The van der Waals surface area contributed by atoms with Crippen LogP contribution in [-0.2, 0) is 27.5 Å². The van der Waals surface area contributed by atoms with Crippen LogP contribution in [0, 0.1) is 53.4 Å². The highest BCUT2D eigenvalue weighted by atomic mass is 35.5. The molecule has 3 amide bonds. The van der Waals surface area contributed by atoms with Crippen molar-refractivity contribution in [1.82, 2.24) is 75.0 Å². The molecule has 11 heterocycles. The lowest BCUT2D eigenvalue weighted by Crippen LogP contribution is -2.48. The number of thiophene rings is 2. The number of carbonyl (C=O) groups is 5. The van der Waals surface area contributed by atoms with E-state index < -0.39 is 30.2 Å². The van der Waals surface area contributed by atoms with E-state index in [4.69, 9.17) is 52.1 Å². The molecule has 12 aromatic rings. The number of aromatic nitrogens is 8. The van der Waals surface area contributed by atoms with Crippen LogP contribution < -0.4 is 10.6 Å². The van der Waals surface area contributed by atoms with Crippen LogP contribution in [-0.4, -0.2) is 234 Å². The first-order chi connectivity index (χ1) is 67.9. The number of hydrogen-bond donors (Lipinski definition) is 8. The number of carboxylic acids is 2. The molecule has 2 atom stereocenters. The number of phenolic OH excluding ortho intramolecular Hbond substituents is 4. The molecule has 30 nitrogen and oxygen atoms in total. The molecule has 0 bridgehead atoms. The van der Waals surface area contributed by atoms with Crippen molar-refractivity contribution in [2.24, 2.45) is 21.8 Å². The summed E-state index contributed by atoms with van der Waals surface area (Å²) < 4.78 is 47.3. The number of alkyl halides is 3. The highest BCUT2D eigenvalue weighted by molar-refractivity contribution is 7.15. The van der Waals surface area contributed by atoms with Gasteiger partial charge in [-0.3, -0.25) is 48.1 Å². The SMILES string of the molecule is CCNC(=O)c1noc(-c2cc(C(C)C)c(O)cc2O)c1-c1ccc(CN2CCN(CC3CCCCC3)CC2)cc1.CCNC(=O)c1noc(-c2cc(C(C)C)c(O)cc2O)c1-c1ccc(CN2CCN(CC3CCN(C(=O)C[C@@H]4N=C(c5ccc(Cl)cc5)c5c(sc(C)c5C)-n5c(C)nnc54)CC3)CC2)cc1.Cc1sc2c(c1C)C(c1ccc(Cl)cc1)=N[C@@H](CC(=O)O)c1nnc(C)n1-2.Cl.O=C(O)C(F)(F)F. The van der Waals surface area contributed by atoms with Gasteiger partial charge in [0, 0.05) is 159 Å². The van der Waals surface area contributed by atoms with Crippen molar-refractivity contribution in [3.05, 3.63) is 231 Å². The molecule has 38 heteroatoms. The molecule has 3 saturated heterocycles. The van der Waals surface area contributed by atoms with E-state index in [-0.39, 0.29) is 95.0 Å². The van der Waals surface area contributed by atoms with Crippen LogP contribution in [0.3, 0.4) is 0 Å². The summed E-state index contributed by atoms with van der Waals surface area (Å²) in [5.74, 6) is 0.156. The topological polar surface area (TPSA) is 385 Å². The van der Waals surface area contributed by atoms with E-state index in [0.717, 1.165) is 181 Å². The van der Waals surface area contributed by atoms with Gasteiger partial charge in [-0.15, -0.1) is 55.5 Å². The Morgan fingerprint density at radius 3 is 1.20 bits per heavy atom. The van der Waals surface area contributed by atoms with Crippen molar-refractivity contribution in [3.8, 4) is 77.9 Å². The maximum atomic E-state index is 14.1. The molecular formula is C105H121Cl3F3N17O13S2. The lowest BCUT2D eigenvalue weighted by Gasteiger charge is -2.39. The van der Waals surface area contributed by atoms with E-state index in [2.05, 4.69) is 117 Å². The molecule has 0 spiro atoms. The maximum Gasteiger partial charge on any atom is 0.490 e. The zero-order valence-electron chi connectivity index (χ0n) is 82.1. The van der Waals surface area contributed by atoms with E-state index in [1.54, 1.807) is 34.8 Å². The Kier molecular flexibility index (Phi) is 34.8. The Hall–Kier alpha value is -12.2. The van der Waals surface area contributed by atoms with Gasteiger partial charge in [0.15, 0.2) is 34.6 Å². The van der Waals surface area contributed by atoms with Gasteiger partial charge in [0.25, 0.3) is 11.8 Å². The lowest BCUT2D eigenvalue weighted by molar-refractivity contribution is -0.192. The Balaban J connectivity index is 0.000000180. The summed E-state index contributed by atoms with van der Waals surface area (Å²) in [7, 11) is 0. The molecule has 6 aliphatic rings. The summed E-state index contributed by atoms with van der Waals surface area (Å²) in [4.78, 5) is 85.3. The summed E-state index contributed by atoms with van der Waals surface area (Å²) in [6.07, 6.45) is 3.92. The average molecular weight is 2060 g/mol. The number of fused-ring (bicyclic) bond motifs is 6. The van der Waals surface area contributed by atoms with Crippen molar-refractivity contribution in [2.75, 3.05) is 91.6 Å². The number of piperidine rings is 1. The second-order valence-corrected chi connectivity index (χ2v) is 40.9. The molecule has 5 aliphatic heterocycles. The number of aliphatic carboxylic acids is 2. The van der Waals surface area contributed by atoms with E-state index >= 15 is 0 Å². The third-order valence-corrected chi connectivity index (χ3v) is 30.0. The summed E-state index contributed by atoms with van der Waals surface area (Å²) in [5.41, 5.74) is 15.1. The molecule has 1 saturated carbocycles. The number of hydrogen-bond acceptors (Lipinski definition) is 25. The molecule has 143 heavy (non-hydrogen) atoms. The predicted octanol–water partition coefficient (Wildman–Crippen LogP) is 20.2. The van der Waals surface area contributed by atoms with Crippen LogP contribution in [0.2, 0.25) is 10.0 Å². The number of likely N-dealkylation sites (tertiary alicyclic amines) is 1. The number of carbonyl (C=O) groups excluding carboxylic acids is 3. The minimum Gasteiger partial charge on any atom is -0.508 e. The fraction of sp³-hybridized carbons (Fsp3) is 0.419. The first kappa shape index (κ1) is 107. The fourth-order valence-electron chi connectivity index (χ4n) is 19.3. The van der Waals surface area contributed by atoms with E-state index in [9.17, 15) is 57.9 Å². The summed E-state index contributed by atoms with van der Waals surface area (Å²) in [6, 6.07) is 36.4. The summed E-state index contributed by atoms with van der Waals surface area (Å²) in [6.45, 7) is 38.3. The smallest absolute Gasteiger partial charge is 0.490 e. The molecule has 0 unspecified atom stereocenters. The summed E-state index contributed by atoms with van der Waals surface area (Å²) >= 11 is 15.7. The van der Waals surface area contributed by atoms with Gasteiger partial charge in [-0.1, -0.05) is 153 Å². The molecule has 1 aliphatic carbocycles. The Morgan fingerprint density at radius 2 is 0.839 bits per heavy atom. The number of aromatic hydroxyl groups is 4. The largest absolute Gasteiger partial charge is 0.508 e. The van der Waals surface area contributed by atoms with Crippen LogP contribution in [0.5, 0.6) is 23.0 Å². The number of amides is 3. The van der Waals surface area contributed by atoms with E-state index in [0.29, 0.717) is 79.8 Å². The van der Waals surface area contributed by atoms with Gasteiger partial charge in [-0.25, -0.2) is 4.79 Å². The monoisotopic (exact) mass is 2050 g/mol. The van der Waals surface area contributed by atoms with Gasteiger partial charge in [0.05, 0.1) is 46.5 Å². The number of halogens is 6. The molecule has 4 fully saturated rings. The standard InChI is InChI=1S/C51H58ClN9O5S.C33H44N4O4.C19H17ClN4O2S.C2HF3O2.ClH/c1-7-53-50(65)47-45(48(66-57-47)39-24-38(29(2)3)41(62)26-42(39)63)35-10-8-33(9-11-35)27-58-20-22-59(23-21-58)28-34-16-18-60(19-17-34)43(64)25-40-49-56-55-32(6)61(49)51-44(30(4)31(5)67-51)46(54-40)36-12-14-37(52)15-13-36;1-4-34-33(40)31-30(32(41-35-31)27-18-26(22(2)3)28(38)19-29(27)39)25-12-10-24(11-13-25)21-37-16-14-36(15-17-37)20-23-8-6-5-7-9-23;1-9-10(2)27-19-16(9)17(12-4-6-13(20)7-5-12)21-14(8-15(25)26)18-23-22-11(3)24(18)19;3-2(4,5)1(6)7;/h8-15,24,26,29,34,40,62-63H,7,16-23,25,27-28H2,1-6H3,(H,53,65);10-13,18-19,22-23,38-39H,4-9,14-17,20-21H2,1-3H3,(H,34,40);4-7,14H,8H2,1-3H3,(H,25,26);(H,6,7);1H/t40-;;14-;;/m0.0../s1. The van der Waals surface area contributed by atoms with Crippen LogP contribution >= 0.6 is 58.3 Å². The summed E-state index contributed by atoms with van der Waals surface area (Å²) in [5, 5.41) is 93.8. The zero-order chi connectivity index (χ0) is 101. The second kappa shape index (κ2) is 46.7. The quantitative estimate of drug-likeness (QED) is 0.0278.